The van der Waals surface area contributed by atoms with Crippen molar-refractivity contribution in [2.45, 2.75) is 30.8 Å². The van der Waals surface area contributed by atoms with Crippen molar-refractivity contribution in [2.75, 3.05) is 13.7 Å². The van der Waals surface area contributed by atoms with Gasteiger partial charge < -0.3 is 4.74 Å². The number of hydrogen-bond acceptors (Lipinski definition) is 2. The predicted molar refractivity (Wildman–Crippen MR) is 119 cm³/mol. The molecule has 0 spiro atoms. The van der Waals surface area contributed by atoms with Crippen LogP contribution in [0.3, 0.4) is 0 Å². The van der Waals surface area contributed by atoms with Crippen molar-refractivity contribution in [2.24, 2.45) is 0 Å². The van der Waals surface area contributed by atoms with Gasteiger partial charge in [-0.2, -0.15) is 0 Å². The molecule has 0 aromatic heterocycles. The van der Waals surface area contributed by atoms with Crippen LogP contribution in [0.1, 0.15) is 34.1 Å². The molecule has 29 heavy (non-hydrogen) atoms. The molecule has 0 radical (unpaired) electrons. The maximum absolute atomic E-state index is 6.37. The lowest BCUT2D eigenvalue weighted by Gasteiger charge is -2.23. The summed E-state index contributed by atoms with van der Waals surface area (Å²) in [5, 5.41) is 1.26. The summed E-state index contributed by atoms with van der Waals surface area (Å²) in [4.78, 5) is 2.64. The van der Waals surface area contributed by atoms with E-state index in [1.807, 2.05) is 18.2 Å². The van der Waals surface area contributed by atoms with Crippen molar-refractivity contribution in [1.82, 2.24) is 4.90 Å². The van der Waals surface area contributed by atoms with Gasteiger partial charge in [-0.05, 0) is 52.9 Å². The number of fused-ring (bicyclic) bond motifs is 3. The van der Waals surface area contributed by atoms with E-state index in [0.717, 1.165) is 25.3 Å². The average molecular weight is 424 g/mol. The molecule has 1 aliphatic heterocycles. The second kappa shape index (κ2) is 7.68. The normalized spacial score (nSPS) is 23.1. The molecule has 0 N–H and O–H groups in total. The fourth-order valence-electron chi connectivity index (χ4n) is 5.15. The first-order valence-corrected chi connectivity index (χ1v) is 10.8. The molecule has 3 aromatic carbocycles. The van der Waals surface area contributed by atoms with Crippen LogP contribution in [0.5, 0.6) is 5.75 Å². The quantitative estimate of drug-likeness (QED) is 0.487. The molecule has 4 heteroatoms. The third kappa shape index (κ3) is 3.44. The minimum Gasteiger partial charge on any atom is -0.497 e. The Morgan fingerprint density at radius 3 is 2.52 bits per heavy atom. The topological polar surface area (TPSA) is 12.5 Å². The molecular formula is C25H23Cl2NO. The van der Waals surface area contributed by atoms with Crippen molar-refractivity contribution in [1.29, 1.82) is 0 Å². The van der Waals surface area contributed by atoms with E-state index >= 15 is 0 Å². The highest BCUT2D eigenvalue weighted by atomic mass is 35.5. The van der Waals surface area contributed by atoms with Crippen LogP contribution in [0.4, 0.5) is 0 Å². The smallest absolute Gasteiger partial charge is 0.118 e. The number of halogens is 2. The zero-order chi connectivity index (χ0) is 20.0. The highest BCUT2D eigenvalue weighted by molar-refractivity contribution is 6.42. The number of rotatable bonds is 4. The zero-order valence-corrected chi connectivity index (χ0v) is 17.8. The Morgan fingerprint density at radius 1 is 0.966 bits per heavy atom. The maximum Gasteiger partial charge on any atom is 0.118 e. The number of nitrogens with zero attached hydrogens (tertiary/aromatic N) is 1. The van der Waals surface area contributed by atoms with Crippen LogP contribution in [0.15, 0.2) is 66.7 Å². The highest BCUT2D eigenvalue weighted by Gasteiger charge is 2.47. The standard InChI is InChI=1S/C25H23Cl2NO/c1-29-19-9-6-16(7-10-19)14-28-15-21(18-8-11-22(26)23(27)12-18)25-20-5-3-2-4-17(20)13-24(25)28/h2-12,21,24-25H,13-15H2,1H3. The van der Waals surface area contributed by atoms with Gasteiger partial charge in [0.2, 0.25) is 0 Å². The van der Waals surface area contributed by atoms with E-state index in [-0.39, 0.29) is 0 Å². The zero-order valence-electron chi connectivity index (χ0n) is 16.3. The van der Waals surface area contributed by atoms with Gasteiger partial charge in [-0.25, -0.2) is 0 Å². The minimum atomic E-state index is 0.414. The molecule has 0 amide bonds. The average Bonchev–Trinajstić information content (AvgIpc) is 3.29. The van der Waals surface area contributed by atoms with E-state index < -0.39 is 0 Å². The lowest BCUT2D eigenvalue weighted by molar-refractivity contribution is 0.242. The number of ether oxygens (including phenoxy) is 1. The molecule has 0 bridgehead atoms. The van der Waals surface area contributed by atoms with Crippen molar-refractivity contribution < 1.29 is 4.74 Å². The highest BCUT2D eigenvalue weighted by Crippen LogP contribution is 2.51. The molecule has 1 aliphatic carbocycles. The molecule has 5 rings (SSSR count). The van der Waals surface area contributed by atoms with E-state index in [1.54, 1.807) is 7.11 Å². The Hall–Kier alpha value is -2.00. The lowest BCUT2D eigenvalue weighted by atomic mass is 9.84. The molecule has 1 fully saturated rings. The summed E-state index contributed by atoms with van der Waals surface area (Å²) in [5.41, 5.74) is 5.57. The van der Waals surface area contributed by atoms with Crippen molar-refractivity contribution in [3.63, 3.8) is 0 Å². The van der Waals surface area contributed by atoms with Gasteiger partial charge in [0.1, 0.15) is 5.75 Å². The van der Waals surface area contributed by atoms with Crippen molar-refractivity contribution in [3.05, 3.63) is 99.0 Å². The molecule has 3 atom stereocenters. The second-order valence-electron chi connectivity index (χ2n) is 8.05. The molecule has 2 aliphatic rings. The fraction of sp³-hybridized carbons (Fsp3) is 0.280. The minimum absolute atomic E-state index is 0.414. The Balaban J connectivity index is 1.49. The van der Waals surface area contributed by atoms with E-state index in [4.69, 9.17) is 27.9 Å². The number of likely N-dealkylation sites (tertiary alicyclic amines) is 1. The van der Waals surface area contributed by atoms with Gasteiger partial charge in [-0.1, -0.05) is 65.7 Å². The largest absolute Gasteiger partial charge is 0.497 e. The molecule has 1 saturated heterocycles. The SMILES string of the molecule is COc1ccc(CN2CC(c3ccc(Cl)c(Cl)c3)C3c4ccccc4CC32)cc1. The summed E-state index contributed by atoms with van der Waals surface area (Å²) < 4.78 is 5.31. The Kier molecular flexibility index (Phi) is 5.03. The molecule has 1 heterocycles. The first-order valence-electron chi connectivity index (χ1n) is 10.0. The summed E-state index contributed by atoms with van der Waals surface area (Å²) >= 11 is 12.6. The van der Waals surface area contributed by atoms with E-state index in [9.17, 15) is 0 Å². The van der Waals surface area contributed by atoms with E-state index in [1.165, 1.54) is 22.3 Å². The van der Waals surface area contributed by atoms with E-state index in [2.05, 4.69) is 53.4 Å². The van der Waals surface area contributed by atoms with Crippen LogP contribution in [0.2, 0.25) is 10.0 Å². The van der Waals surface area contributed by atoms with Crippen LogP contribution in [-0.2, 0) is 13.0 Å². The van der Waals surface area contributed by atoms with Gasteiger partial charge in [0.25, 0.3) is 0 Å². The fourth-order valence-corrected chi connectivity index (χ4v) is 5.46. The molecule has 148 valence electrons. The first kappa shape index (κ1) is 19.0. The van der Waals surface area contributed by atoms with Crippen LogP contribution in [0, 0.1) is 0 Å². The molecule has 3 unspecified atom stereocenters. The summed E-state index contributed by atoms with van der Waals surface area (Å²) in [5.74, 6) is 1.80. The Morgan fingerprint density at radius 2 is 1.76 bits per heavy atom. The summed E-state index contributed by atoms with van der Waals surface area (Å²) in [6, 6.07) is 24.0. The summed E-state index contributed by atoms with van der Waals surface area (Å²) in [6.07, 6.45) is 1.11. The third-order valence-corrected chi connectivity index (χ3v) is 7.25. The van der Waals surface area contributed by atoms with E-state index in [0.29, 0.717) is 27.9 Å². The molecule has 2 nitrogen and oxygen atoms in total. The van der Waals surface area contributed by atoms with Gasteiger partial charge in [0.05, 0.1) is 17.2 Å². The van der Waals surface area contributed by atoms with Gasteiger partial charge in [-0.3, -0.25) is 4.90 Å². The van der Waals surface area contributed by atoms with Crippen LogP contribution in [-0.4, -0.2) is 24.6 Å². The first-order chi connectivity index (χ1) is 14.1. The second-order valence-corrected chi connectivity index (χ2v) is 8.87. The van der Waals surface area contributed by atoms with Crippen LogP contribution in [0.25, 0.3) is 0 Å². The van der Waals surface area contributed by atoms with Gasteiger partial charge in [0, 0.05) is 31.0 Å². The van der Waals surface area contributed by atoms with Crippen LogP contribution >= 0.6 is 23.2 Å². The number of benzene rings is 3. The van der Waals surface area contributed by atoms with Crippen LogP contribution < -0.4 is 4.74 Å². The number of methoxy groups -OCH3 is 1. The molecule has 0 saturated carbocycles. The lowest BCUT2D eigenvalue weighted by Crippen LogP contribution is -2.30. The van der Waals surface area contributed by atoms with Crippen molar-refractivity contribution in [3.8, 4) is 5.75 Å². The van der Waals surface area contributed by atoms with Gasteiger partial charge in [-0.15, -0.1) is 0 Å². The Bertz CT molecular complexity index is 1030. The molecule has 3 aromatic rings. The Labute approximate surface area is 182 Å². The number of hydrogen-bond donors (Lipinski definition) is 0. The maximum atomic E-state index is 6.37. The third-order valence-electron chi connectivity index (χ3n) is 6.51. The molecular weight excluding hydrogens is 401 g/mol. The monoisotopic (exact) mass is 423 g/mol. The van der Waals surface area contributed by atoms with Gasteiger partial charge >= 0.3 is 0 Å². The van der Waals surface area contributed by atoms with Crippen molar-refractivity contribution >= 4 is 23.2 Å². The summed E-state index contributed by atoms with van der Waals surface area (Å²) in [6.45, 7) is 1.96. The summed E-state index contributed by atoms with van der Waals surface area (Å²) in [7, 11) is 1.71. The predicted octanol–water partition coefficient (Wildman–Crippen LogP) is 6.31. The van der Waals surface area contributed by atoms with Gasteiger partial charge in [0.15, 0.2) is 0 Å².